The second kappa shape index (κ2) is 5.82. The van der Waals surface area contributed by atoms with Crippen molar-refractivity contribution in [2.75, 3.05) is 23.8 Å². The minimum absolute atomic E-state index is 0.0524. The van der Waals surface area contributed by atoms with Crippen molar-refractivity contribution in [3.8, 4) is 0 Å². The summed E-state index contributed by atoms with van der Waals surface area (Å²) in [5, 5.41) is 0. The Morgan fingerprint density at radius 2 is 2.00 bits per heavy atom. The molecule has 4 nitrogen and oxygen atoms in total. The molecular weight excluding hydrogens is 270 g/mol. The molecule has 0 bridgehead atoms. The molecule has 1 amide bonds. The van der Waals surface area contributed by atoms with Gasteiger partial charge in [-0.1, -0.05) is 20.8 Å². The quantitative estimate of drug-likeness (QED) is 0.789. The molecule has 106 valence electrons. The van der Waals surface area contributed by atoms with Crippen LogP contribution in [0.4, 0.5) is 0 Å². The minimum atomic E-state index is -2.93. The number of hydrogen-bond acceptors (Lipinski definition) is 4. The monoisotopic (exact) mass is 293 g/mol. The molecule has 6 heteroatoms. The molecule has 0 N–H and O–H groups in total. The maximum Gasteiger partial charge on any atom is 0.232 e. The maximum atomic E-state index is 12.1. The molecule has 1 aliphatic rings. The molecule has 1 fully saturated rings. The van der Waals surface area contributed by atoms with E-state index in [-0.39, 0.29) is 28.2 Å². The normalized spacial score (nSPS) is 23.0. The molecule has 1 atom stereocenters. The molecular formula is C12H23NO3S2. The van der Waals surface area contributed by atoms with E-state index in [1.54, 1.807) is 16.7 Å². The lowest BCUT2D eigenvalue weighted by molar-refractivity contribution is -0.129. The number of sulfone groups is 1. The summed E-state index contributed by atoms with van der Waals surface area (Å²) in [6.45, 7) is 8.71. The van der Waals surface area contributed by atoms with Crippen LogP contribution in [0.3, 0.4) is 0 Å². The van der Waals surface area contributed by atoms with Gasteiger partial charge in [0.25, 0.3) is 0 Å². The van der Waals surface area contributed by atoms with E-state index in [2.05, 4.69) is 20.8 Å². The Labute approximate surface area is 114 Å². The minimum Gasteiger partial charge on any atom is -0.338 e. The summed E-state index contributed by atoms with van der Waals surface area (Å²) >= 11 is 1.60. The molecule has 0 spiro atoms. The fraction of sp³-hybridized carbons (Fsp3) is 0.917. The first-order chi connectivity index (χ1) is 8.14. The molecule has 0 aliphatic carbocycles. The third-order valence-corrected chi connectivity index (χ3v) is 5.95. The first-order valence-electron chi connectivity index (χ1n) is 6.28. The molecule has 0 aromatic heterocycles. The van der Waals surface area contributed by atoms with Gasteiger partial charge in [-0.05, 0) is 13.3 Å². The first-order valence-corrected chi connectivity index (χ1v) is 9.09. The van der Waals surface area contributed by atoms with E-state index in [0.29, 0.717) is 18.7 Å². The van der Waals surface area contributed by atoms with E-state index in [1.165, 1.54) is 0 Å². The van der Waals surface area contributed by atoms with Crippen molar-refractivity contribution in [1.82, 2.24) is 4.90 Å². The van der Waals surface area contributed by atoms with Gasteiger partial charge in [0, 0.05) is 17.3 Å². The third kappa shape index (κ3) is 4.80. The summed E-state index contributed by atoms with van der Waals surface area (Å²) in [6.07, 6.45) is 0.585. The zero-order chi connectivity index (χ0) is 14.0. The van der Waals surface area contributed by atoms with Gasteiger partial charge < -0.3 is 4.90 Å². The Kier molecular flexibility index (Phi) is 5.12. The first kappa shape index (κ1) is 15.8. The largest absolute Gasteiger partial charge is 0.338 e. The van der Waals surface area contributed by atoms with E-state index in [0.717, 1.165) is 0 Å². The average molecular weight is 293 g/mol. The van der Waals surface area contributed by atoms with E-state index < -0.39 is 9.84 Å². The number of rotatable bonds is 4. The van der Waals surface area contributed by atoms with Crippen molar-refractivity contribution in [3.63, 3.8) is 0 Å². The third-order valence-electron chi connectivity index (χ3n) is 2.94. The summed E-state index contributed by atoms with van der Waals surface area (Å²) in [5.41, 5.74) is 0. The van der Waals surface area contributed by atoms with Crippen molar-refractivity contribution in [2.45, 2.75) is 44.9 Å². The Morgan fingerprint density at radius 3 is 2.39 bits per heavy atom. The Bertz CT molecular complexity index is 398. The predicted molar refractivity (Wildman–Crippen MR) is 76.7 cm³/mol. The van der Waals surface area contributed by atoms with Gasteiger partial charge in [0.1, 0.15) is 0 Å². The SMILES string of the molecule is CCN(C(=O)CSC(C)(C)C)[C@H]1CCS(=O)(=O)C1. The van der Waals surface area contributed by atoms with Gasteiger partial charge in [-0.2, -0.15) is 0 Å². The van der Waals surface area contributed by atoms with Gasteiger partial charge >= 0.3 is 0 Å². The Morgan fingerprint density at radius 1 is 1.39 bits per heavy atom. The molecule has 1 rings (SSSR count). The zero-order valence-electron chi connectivity index (χ0n) is 11.6. The molecule has 1 heterocycles. The van der Waals surface area contributed by atoms with Crippen molar-refractivity contribution in [1.29, 1.82) is 0 Å². The molecule has 18 heavy (non-hydrogen) atoms. The summed E-state index contributed by atoms with van der Waals surface area (Å²) in [6, 6.07) is -0.118. The summed E-state index contributed by atoms with van der Waals surface area (Å²) in [7, 11) is -2.93. The number of amides is 1. The highest BCUT2D eigenvalue weighted by molar-refractivity contribution is 8.01. The standard InChI is InChI=1S/C12H23NO3S2/c1-5-13(10-6-7-18(15,16)9-10)11(14)8-17-12(2,3)4/h10H,5-9H2,1-4H3/t10-/m0/s1. The van der Waals surface area contributed by atoms with Crippen LogP contribution in [0.5, 0.6) is 0 Å². The van der Waals surface area contributed by atoms with E-state index in [1.807, 2.05) is 6.92 Å². The zero-order valence-corrected chi connectivity index (χ0v) is 13.2. The molecule has 1 aliphatic heterocycles. The van der Waals surface area contributed by atoms with Crippen LogP contribution in [0.15, 0.2) is 0 Å². The van der Waals surface area contributed by atoms with Crippen LogP contribution < -0.4 is 0 Å². The van der Waals surface area contributed by atoms with Crippen LogP contribution in [-0.2, 0) is 14.6 Å². The molecule has 0 aromatic carbocycles. The average Bonchev–Trinajstić information content (AvgIpc) is 2.56. The summed E-state index contributed by atoms with van der Waals surface area (Å²) in [4.78, 5) is 13.9. The Balaban J connectivity index is 2.59. The highest BCUT2D eigenvalue weighted by atomic mass is 32.2. The van der Waals surface area contributed by atoms with Gasteiger partial charge in [-0.15, -0.1) is 11.8 Å². The number of hydrogen-bond donors (Lipinski definition) is 0. The van der Waals surface area contributed by atoms with Crippen molar-refractivity contribution in [2.24, 2.45) is 0 Å². The smallest absolute Gasteiger partial charge is 0.232 e. The van der Waals surface area contributed by atoms with Crippen LogP contribution in [0.25, 0.3) is 0 Å². The summed E-state index contributed by atoms with van der Waals surface area (Å²) in [5.74, 6) is 0.827. The lowest BCUT2D eigenvalue weighted by Crippen LogP contribution is -2.42. The van der Waals surface area contributed by atoms with Gasteiger partial charge in [0.05, 0.1) is 17.3 Å². The molecule has 0 saturated carbocycles. The number of carbonyl (C=O) groups is 1. The molecule has 0 radical (unpaired) electrons. The van der Waals surface area contributed by atoms with E-state index in [9.17, 15) is 13.2 Å². The highest BCUT2D eigenvalue weighted by Crippen LogP contribution is 2.25. The van der Waals surface area contributed by atoms with Crippen LogP contribution in [0.2, 0.25) is 0 Å². The van der Waals surface area contributed by atoms with Gasteiger partial charge in [-0.25, -0.2) is 8.42 Å². The highest BCUT2D eigenvalue weighted by Gasteiger charge is 2.34. The second-order valence-electron chi connectivity index (χ2n) is 5.64. The van der Waals surface area contributed by atoms with Crippen molar-refractivity contribution < 1.29 is 13.2 Å². The van der Waals surface area contributed by atoms with E-state index >= 15 is 0 Å². The Hall–Kier alpha value is -0.230. The fourth-order valence-corrected chi connectivity index (χ4v) is 4.47. The van der Waals surface area contributed by atoms with E-state index in [4.69, 9.17) is 0 Å². The lowest BCUT2D eigenvalue weighted by atomic mass is 10.2. The van der Waals surface area contributed by atoms with Gasteiger partial charge in [-0.3, -0.25) is 4.79 Å². The summed E-state index contributed by atoms with van der Waals surface area (Å²) < 4.78 is 23.0. The van der Waals surface area contributed by atoms with Gasteiger partial charge in [0.15, 0.2) is 9.84 Å². The van der Waals surface area contributed by atoms with Crippen LogP contribution in [0, 0.1) is 0 Å². The number of thioether (sulfide) groups is 1. The van der Waals surface area contributed by atoms with Crippen molar-refractivity contribution >= 4 is 27.5 Å². The van der Waals surface area contributed by atoms with Crippen LogP contribution >= 0.6 is 11.8 Å². The lowest BCUT2D eigenvalue weighted by Gasteiger charge is -2.28. The second-order valence-corrected chi connectivity index (χ2v) is 9.67. The molecule has 0 aromatic rings. The number of nitrogens with zero attached hydrogens (tertiary/aromatic N) is 1. The van der Waals surface area contributed by atoms with Crippen LogP contribution in [-0.4, -0.2) is 53.8 Å². The van der Waals surface area contributed by atoms with Crippen molar-refractivity contribution in [3.05, 3.63) is 0 Å². The maximum absolute atomic E-state index is 12.1. The van der Waals surface area contributed by atoms with Gasteiger partial charge in [0.2, 0.25) is 5.91 Å². The number of carbonyl (C=O) groups excluding carboxylic acids is 1. The molecule has 0 unspecified atom stereocenters. The topological polar surface area (TPSA) is 54.5 Å². The fourth-order valence-electron chi connectivity index (χ4n) is 2.02. The van der Waals surface area contributed by atoms with Crippen LogP contribution in [0.1, 0.15) is 34.1 Å². The predicted octanol–water partition coefficient (Wildman–Crippen LogP) is 1.55. The molecule has 1 saturated heterocycles.